The molecule has 56 valence electrons. The molecule has 0 aliphatic heterocycles. The fraction of sp³-hybridized carbons (Fsp3) is 1.00. The van der Waals surface area contributed by atoms with Gasteiger partial charge in [-0.2, -0.15) is 8.42 Å². The molecule has 0 aromatic heterocycles. The average molecular weight is 154 g/mol. The highest BCUT2D eigenvalue weighted by Gasteiger charge is 2.05. The van der Waals surface area contributed by atoms with E-state index in [2.05, 4.69) is 4.18 Å². The summed E-state index contributed by atoms with van der Waals surface area (Å²) in [5.41, 5.74) is 0. The largest absolute Gasteiger partial charge is 0.396 e. The van der Waals surface area contributed by atoms with E-state index in [1.165, 1.54) is 0 Å². The molecule has 0 aromatic rings. The van der Waals surface area contributed by atoms with E-state index >= 15 is 0 Å². The molecule has 9 heavy (non-hydrogen) atoms. The van der Waals surface area contributed by atoms with Crippen molar-refractivity contribution in [2.24, 2.45) is 0 Å². The predicted octanol–water partition coefficient (Wildman–Crippen LogP) is -0.655. The summed E-state index contributed by atoms with van der Waals surface area (Å²) >= 11 is 0. The van der Waals surface area contributed by atoms with Gasteiger partial charge in [-0.25, -0.2) is 0 Å². The SMILES string of the molecule is COS(=O)(=O)CCCO. The summed E-state index contributed by atoms with van der Waals surface area (Å²) in [4.78, 5) is 0. The van der Waals surface area contributed by atoms with Crippen molar-refractivity contribution in [3.63, 3.8) is 0 Å². The number of hydrogen-bond donors (Lipinski definition) is 1. The molecule has 0 radical (unpaired) electrons. The zero-order chi connectivity index (χ0) is 7.33. The highest BCUT2D eigenvalue weighted by Crippen LogP contribution is 1.91. The summed E-state index contributed by atoms with van der Waals surface area (Å²) in [6.45, 7) is -0.122. The predicted molar refractivity (Wildman–Crippen MR) is 32.5 cm³/mol. The first-order chi connectivity index (χ1) is 4.12. The molecule has 4 nitrogen and oxygen atoms in total. The minimum Gasteiger partial charge on any atom is -0.396 e. The molecule has 0 saturated carbocycles. The molecule has 0 spiro atoms. The Morgan fingerprint density at radius 2 is 2.11 bits per heavy atom. The van der Waals surface area contributed by atoms with Crippen LogP contribution in [-0.4, -0.2) is 33.0 Å². The maximum atomic E-state index is 10.4. The van der Waals surface area contributed by atoms with Gasteiger partial charge in [0.2, 0.25) is 0 Å². The van der Waals surface area contributed by atoms with Crippen molar-refractivity contribution in [1.82, 2.24) is 0 Å². The van der Waals surface area contributed by atoms with Crippen molar-refractivity contribution >= 4 is 10.1 Å². The summed E-state index contributed by atoms with van der Waals surface area (Å²) in [6.07, 6.45) is 0.232. The topological polar surface area (TPSA) is 63.6 Å². The molecule has 5 heteroatoms. The Kier molecular flexibility index (Phi) is 3.76. The molecular weight excluding hydrogens is 144 g/mol. The summed E-state index contributed by atoms with van der Waals surface area (Å²) in [6, 6.07) is 0. The third-order valence-electron chi connectivity index (χ3n) is 0.806. The van der Waals surface area contributed by atoms with E-state index < -0.39 is 10.1 Å². The number of aliphatic hydroxyl groups excluding tert-OH is 1. The molecule has 0 saturated heterocycles. The van der Waals surface area contributed by atoms with Crippen LogP contribution in [0.15, 0.2) is 0 Å². The van der Waals surface area contributed by atoms with Crippen molar-refractivity contribution in [1.29, 1.82) is 0 Å². The van der Waals surface area contributed by atoms with E-state index in [0.29, 0.717) is 0 Å². The first kappa shape index (κ1) is 8.87. The van der Waals surface area contributed by atoms with Crippen LogP contribution in [0.5, 0.6) is 0 Å². The number of hydrogen-bond acceptors (Lipinski definition) is 4. The normalized spacial score (nSPS) is 11.8. The molecule has 0 amide bonds. The van der Waals surface area contributed by atoms with Crippen molar-refractivity contribution in [3.05, 3.63) is 0 Å². The van der Waals surface area contributed by atoms with Crippen molar-refractivity contribution in [3.8, 4) is 0 Å². The third-order valence-corrected chi connectivity index (χ3v) is 2.10. The molecular formula is C4H10O4S. The van der Waals surface area contributed by atoms with E-state index in [4.69, 9.17) is 5.11 Å². The van der Waals surface area contributed by atoms with E-state index in [0.717, 1.165) is 7.11 Å². The van der Waals surface area contributed by atoms with Crippen molar-refractivity contribution in [2.45, 2.75) is 6.42 Å². The van der Waals surface area contributed by atoms with Crippen LogP contribution in [0.4, 0.5) is 0 Å². The van der Waals surface area contributed by atoms with Crippen LogP contribution < -0.4 is 0 Å². The molecule has 0 aromatic carbocycles. The maximum absolute atomic E-state index is 10.4. The summed E-state index contributed by atoms with van der Waals surface area (Å²) in [7, 11) is -2.24. The molecule has 0 heterocycles. The van der Waals surface area contributed by atoms with Crippen LogP contribution in [0.1, 0.15) is 6.42 Å². The highest BCUT2D eigenvalue weighted by molar-refractivity contribution is 7.86. The van der Waals surface area contributed by atoms with E-state index in [-0.39, 0.29) is 18.8 Å². The Morgan fingerprint density at radius 3 is 2.44 bits per heavy atom. The highest BCUT2D eigenvalue weighted by atomic mass is 32.2. The smallest absolute Gasteiger partial charge is 0.267 e. The minimum atomic E-state index is -3.34. The van der Waals surface area contributed by atoms with Gasteiger partial charge < -0.3 is 5.11 Å². The first-order valence-electron chi connectivity index (χ1n) is 2.51. The van der Waals surface area contributed by atoms with Gasteiger partial charge in [0.05, 0.1) is 12.9 Å². The van der Waals surface area contributed by atoms with Crippen LogP contribution in [-0.2, 0) is 14.3 Å². The Labute approximate surface area is 54.6 Å². The summed E-state index contributed by atoms with van der Waals surface area (Å²) in [5, 5.41) is 8.21. The van der Waals surface area contributed by atoms with E-state index in [1.807, 2.05) is 0 Å². The molecule has 0 fully saturated rings. The zero-order valence-corrected chi connectivity index (χ0v) is 6.02. The third kappa shape index (κ3) is 4.38. The fourth-order valence-corrected chi connectivity index (χ4v) is 0.974. The van der Waals surface area contributed by atoms with Gasteiger partial charge in [0.15, 0.2) is 0 Å². The van der Waals surface area contributed by atoms with Crippen LogP contribution in [0, 0.1) is 0 Å². The fourth-order valence-electron chi connectivity index (χ4n) is 0.325. The van der Waals surface area contributed by atoms with Crippen molar-refractivity contribution in [2.75, 3.05) is 19.5 Å². The van der Waals surface area contributed by atoms with Gasteiger partial charge in [-0.3, -0.25) is 4.18 Å². The molecule has 0 bridgehead atoms. The first-order valence-corrected chi connectivity index (χ1v) is 4.09. The van der Waals surface area contributed by atoms with Gasteiger partial charge in [0.25, 0.3) is 10.1 Å². The molecule has 0 atom stereocenters. The maximum Gasteiger partial charge on any atom is 0.267 e. The minimum absolute atomic E-state index is 0.111. The summed E-state index contributed by atoms with van der Waals surface area (Å²) in [5.74, 6) is -0.111. The Morgan fingerprint density at radius 1 is 1.56 bits per heavy atom. The van der Waals surface area contributed by atoms with Gasteiger partial charge in [-0.15, -0.1) is 0 Å². The second-order valence-corrected chi connectivity index (χ2v) is 3.36. The van der Waals surface area contributed by atoms with Gasteiger partial charge in [0, 0.05) is 6.61 Å². The van der Waals surface area contributed by atoms with E-state index in [1.54, 1.807) is 0 Å². The standard InChI is InChI=1S/C4H10O4S/c1-8-9(6,7)4-2-3-5/h5H,2-4H2,1H3. The van der Waals surface area contributed by atoms with E-state index in [9.17, 15) is 8.42 Å². The van der Waals surface area contributed by atoms with Crippen molar-refractivity contribution < 1.29 is 17.7 Å². The van der Waals surface area contributed by atoms with Gasteiger partial charge in [0.1, 0.15) is 0 Å². The molecule has 1 N–H and O–H groups in total. The Balaban J connectivity index is 3.61. The number of rotatable bonds is 4. The second kappa shape index (κ2) is 3.81. The van der Waals surface area contributed by atoms with Gasteiger partial charge in [-0.1, -0.05) is 0 Å². The van der Waals surface area contributed by atoms with Gasteiger partial charge >= 0.3 is 0 Å². The second-order valence-electron chi connectivity index (χ2n) is 1.51. The van der Waals surface area contributed by atoms with Crippen LogP contribution in [0.2, 0.25) is 0 Å². The molecule has 0 aliphatic carbocycles. The molecule has 0 rings (SSSR count). The van der Waals surface area contributed by atoms with Gasteiger partial charge in [-0.05, 0) is 6.42 Å². The van der Waals surface area contributed by atoms with Crippen LogP contribution >= 0.6 is 0 Å². The Bertz CT molecular complexity index is 148. The monoisotopic (exact) mass is 154 g/mol. The lowest BCUT2D eigenvalue weighted by Gasteiger charge is -1.96. The average Bonchev–Trinajstić information content (AvgIpc) is 1.84. The molecule has 0 aliphatic rings. The quantitative estimate of drug-likeness (QED) is 0.546. The zero-order valence-electron chi connectivity index (χ0n) is 5.20. The molecule has 0 unspecified atom stereocenters. The Hall–Kier alpha value is -0.130. The van der Waals surface area contributed by atoms with Crippen LogP contribution in [0.3, 0.4) is 0 Å². The van der Waals surface area contributed by atoms with Crippen LogP contribution in [0.25, 0.3) is 0 Å². The lowest BCUT2D eigenvalue weighted by Crippen LogP contribution is -2.08. The lowest BCUT2D eigenvalue weighted by atomic mass is 10.5. The number of aliphatic hydroxyl groups is 1. The summed E-state index contributed by atoms with van der Waals surface area (Å²) < 4.78 is 25.0. The lowest BCUT2D eigenvalue weighted by molar-refractivity contribution is 0.292.